The Kier molecular flexibility index (Phi) is 5.46. The fraction of sp³-hybridized carbons (Fsp3) is 0.105. The lowest BCUT2D eigenvalue weighted by molar-refractivity contribution is 0.306. The Bertz CT molecular complexity index is 1020. The third-order valence-electron chi connectivity index (χ3n) is 3.81. The van der Waals surface area contributed by atoms with Crippen molar-refractivity contribution in [2.45, 2.75) is 11.5 Å². The maximum Gasteiger partial charge on any atom is 0.175 e. The van der Waals surface area contributed by atoms with Crippen LogP contribution in [0.3, 0.4) is 0 Å². The van der Waals surface area contributed by atoms with E-state index in [1.807, 2.05) is 12.1 Å². The van der Waals surface area contributed by atoms with Crippen LogP contribution >= 0.6 is 0 Å². The summed E-state index contributed by atoms with van der Waals surface area (Å²) in [6, 6.07) is 16.6. The molecule has 1 aromatic heterocycles. The van der Waals surface area contributed by atoms with Gasteiger partial charge in [-0.3, -0.25) is 4.98 Å². The number of benzene rings is 2. The molecule has 0 aliphatic heterocycles. The van der Waals surface area contributed by atoms with Crippen LogP contribution in [-0.2, 0) is 16.4 Å². The van der Waals surface area contributed by atoms with Gasteiger partial charge in [0.25, 0.3) is 0 Å². The zero-order valence-electron chi connectivity index (χ0n) is 14.5. The van der Waals surface area contributed by atoms with E-state index in [4.69, 9.17) is 4.74 Å². The molecule has 8 heteroatoms. The summed E-state index contributed by atoms with van der Waals surface area (Å²) in [5, 5.41) is 4.14. The number of nitroso groups, excluding NO2 is 1. The molecule has 138 valence electrons. The van der Waals surface area contributed by atoms with E-state index < -0.39 is 9.84 Å². The molecule has 0 saturated heterocycles. The summed E-state index contributed by atoms with van der Waals surface area (Å²) in [5.41, 5.74) is 1.84. The average Bonchev–Trinajstić information content (AvgIpc) is 2.68. The van der Waals surface area contributed by atoms with Gasteiger partial charge in [-0.15, -0.1) is 4.91 Å². The van der Waals surface area contributed by atoms with Gasteiger partial charge in [0.1, 0.15) is 12.4 Å². The van der Waals surface area contributed by atoms with E-state index in [0.29, 0.717) is 23.7 Å². The number of nitrogens with zero attached hydrogens (tertiary/aromatic N) is 3. The van der Waals surface area contributed by atoms with Crippen LogP contribution in [0.1, 0.15) is 5.56 Å². The summed E-state index contributed by atoms with van der Waals surface area (Å²) in [4.78, 5) is 15.4. The van der Waals surface area contributed by atoms with Gasteiger partial charge in [0.15, 0.2) is 9.84 Å². The van der Waals surface area contributed by atoms with Crippen LogP contribution in [0.4, 0.5) is 11.4 Å². The molecule has 0 N–H and O–H groups in total. The van der Waals surface area contributed by atoms with Gasteiger partial charge in [0.05, 0.1) is 21.6 Å². The number of pyridine rings is 1. The van der Waals surface area contributed by atoms with Crippen molar-refractivity contribution < 1.29 is 13.2 Å². The van der Waals surface area contributed by atoms with E-state index >= 15 is 0 Å². The van der Waals surface area contributed by atoms with Crippen molar-refractivity contribution in [3.63, 3.8) is 0 Å². The van der Waals surface area contributed by atoms with Gasteiger partial charge in [-0.1, -0.05) is 6.07 Å². The van der Waals surface area contributed by atoms with Crippen LogP contribution in [-0.4, -0.2) is 19.7 Å². The van der Waals surface area contributed by atoms with E-state index in [1.54, 1.807) is 48.8 Å². The fourth-order valence-electron chi connectivity index (χ4n) is 2.42. The van der Waals surface area contributed by atoms with E-state index in [-0.39, 0.29) is 4.90 Å². The van der Waals surface area contributed by atoms with Crippen LogP contribution in [0, 0.1) is 4.91 Å². The Labute approximate surface area is 157 Å². The smallest absolute Gasteiger partial charge is 0.175 e. The van der Waals surface area contributed by atoms with Crippen LogP contribution in [0.2, 0.25) is 0 Å². The van der Waals surface area contributed by atoms with Crippen molar-refractivity contribution in [2.24, 2.45) is 5.29 Å². The van der Waals surface area contributed by atoms with Gasteiger partial charge in [0, 0.05) is 18.6 Å². The number of aromatic nitrogens is 1. The molecule has 0 fully saturated rings. The molecular weight excluding hydrogens is 366 g/mol. The molecule has 27 heavy (non-hydrogen) atoms. The molecule has 0 radical (unpaired) electrons. The van der Waals surface area contributed by atoms with Gasteiger partial charge in [-0.25, -0.2) is 8.42 Å². The van der Waals surface area contributed by atoms with Crippen molar-refractivity contribution in [1.82, 2.24) is 4.98 Å². The summed E-state index contributed by atoms with van der Waals surface area (Å²) >= 11 is 0. The number of sulfone groups is 1. The predicted molar refractivity (Wildman–Crippen MR) is 102 cm³/mol. The molecule has 7 nitrogen and oxygen atoms in total. The van der Waals surface area contributed by atoms with Gasteiger partial charge < -0.3 is 4.74 Å². The molecule has 0 unspecified atom stereocenters. The molecule has 2 aromatic carbocycles. The maximum absolute atomic E-state index is 11.7. The molecule has 0 saturated carbocycles. The van der Waals surface area contributed by atoms with Crippen molar-refractivity contribution in [2.75, 3.05) is 11.3 Å². The zero-order chi connectivity index (χ0) is 19.3. The highest BCUT2D eigenvalue weighted by Gasteiger charge is 2.14. The maximum atomic E-state index is 11.7. The number of anilines is 2. The first kappa shape index (κ1) is 18.5. The molecule has 0 aliphatic carbocycles. The highest BCUT2D eigenvalue weighted by molar-refractivity contribution is 7.90. The minimum absolute atomic E-state index is 0.117. The lowest BCUT2D eigenvalue weighted by Crippen LogP contribution is -2.08. The SMILES string of the molecule is CS(=O)(=O)c1cccc(N(N=O)c2ccc(OCc3ccncc3)cc2)c1. The first-order chi connectivity index (χ1) is 13.0. The normalized spacial score (nSPS) is 11.0. The molecule has 0 aliphatic rings. The zero-order valence-corrected chi connectivity index (χ0v) is 15.3. The van der Waals surface area contributed by atoms with Crippen molar-refractivity contribution in [3.8, 4) is 5.75 Å². The van der Waals surface area contributed by atoms with Gasteiger partial charge in [0.2, 0.25) is 0 Å². The molecule has 0 spiro atoms. The number of hydrogen-bond acceptors (Lipinski definition) is 6. The van der Waals surface area contributed by atoms with Crippen molar-refractivity contribution >= 4 is 21.2 Å². The lowest BCUT2D eigenvalue weighted by Gasteiger charge is -2.16. The number of hydrogen-bond donors (Lipinski definition) is 0. The topological polar surface area (TPSA) is 88.9 Å². The standard InChI is InChI=1S/C19H17N3O4S/c1-27(24,25)19-4-2-3-17(13-19)22(21-23)16-5-7-18(8-6-16)26-14-15-9-11-20-12-10-15/h2-13H,14H2,1H3. The van der Waals surface area contributed by atoms with Gasteiger partial charge in [-0.2, -0.15) is 5.01 Å². The Morgan fingerprint density at radius 1 is 1.00 bits per heavy atom. The van der Waals surface area contributed by atoms with Crippen LogP contribution in [0.5, 0.6) is 5.75 Å². The highest BCUT2D eigenvalue weighted by atomic mass is 32.2. The van der Waals surface area contributed by atoms with Gasteiger partial charge >= 0.3 is 0 Å². The average molecular weight is 383 g/mol. The van der Waals surface area contributed by atoms with E-state index in [1.165, 1.54) is 12.1 Å². The van der Waals surface area contributed by atoms with Crippen molar-refractivity contribution in [1.29, 1.82) is 0 Å². The summed E-state index contributed by atoms with van der Waals surface area (Å²) in [7, 11) is -3.38. The second-order valence-corrected chi connectivity index (χ2v) is 7.82. The number of ether oxygens (including phenoxy) is 1. The van der Waals surface area contributed by atoms with Crippen molar-refractivity contribution in [3.05, 3.63) is 83.5 Å². The Morgan fingerprint density at radius 2 is 1.70 bits per heavy atom. The summed E-state index contributed by atoms with van der Waals surface area (Å²) in [6.45, 7) is 0.397. The Morgan fingerprint density at radius 3 is 2.33 bits per heavy atom. The highest BCUT2D eigenvalue weighted by Crippen LogP contribution is 2.29. The summed E-state index contributed by atoms with van der Waals surface area (Å²) in [6.07, 6.45) is 4.50. The molecular formula is C19H17N3O4S. The van der Waals surface area contributed by atoms with E-state index in [9.17, 15) is 13.3 Å². The molecule has 0 amide bonds. The Hall–Kier alpha value is -3.26. The molecule has 3 rings (SSSR count). The first-order valence-electron chi connectivity index (χ1n) is 8.02. The molecule has 1 heterocycles. The molecule has 3 aromatic rings. The van der Waals surface area contributed by atoms with Crippen LogP contribution in [0.25, 0.3) is 0 Å². The lowest BCUT2D eigenvalue weighted by atomic mass is 10.2. The second kappa shape index (κ2) is 7.96. The number of rotatable bonds is 7. The summed E-state index contributed by atoms with van der Waals surface area (Å²) < 4.78 is 29.1. The second-order valence-electron chi connectivity index (χ2n) is 5.80. The molecule has 0 bridgehead atoms. The van der Waals surface area contributed by atoms with E-state index in [0.717, 1.165) is 16.8 Å². The Balaban J connectivity index is 1.77. The van der Waals surface area contributed by atoms with E-state index in [2.05, 4.69) is 10.3 Å². The summed E-state index contributed by atoms with van der Waals surface area (Å²) in [5.74, 6) is 0.631. The third kappa shape index (κ3) is 4.68. The van der Waals surface area contributed by atoms with Crippen LogP contribution < -0.4 is 9.75 Å². The monoisotopic (exact) mass is 383 g/mol. The minimum atomic E-state index is -3.38. The van der Waals surface area contributed by atoms with Gasteiger partial charge in [-0.05, 0) is 60.2 Å². The van der Waals surface area contributed by atoms with Crippen LogP contribution in [0.15, 0.2) is 83.2 Å². The first-order valence-corrected chi connectivity index (χ1v) is 9.92. The third-order valence-corrected chi connectivity index (χ3v) is 4.92. The predicted octanol–water partition coefficient (Wildman–Crippen LogP) is 3.88. The minimum Gasteiger partial charge on any atom is -0.489 e. The fourth-order valence-corrected chi connectivity index (χ4v) is 3.08. The largest absolute Gasteiger partial charge is 0.489 e. The molecule has 0 atom stereocenters. The quantitative estimate of drug-likeness (QED) is 0.454.